The molecule has 0 atom stereocenters. The number of hydrogen-bond donors (Lipinski definition) is 2. The molecule has 0 saturated carbocycles. The number of hydrogen-bond acceptors (Lipinski definition) is 5. The monoisotopic (exact) mass is 291 g/mol. The van der Waals surface area contributed by atoms with E-state index in [1.165, 1.54) is 23.5 Å². The molecule has 1 aromatic heterocycles. The fraction of sp³-hybridized carbons (Fsp3) is 0.154. The number of amides is 1. The topological polar surface area (TPSA) is 84.3 Å². The van der Waals surface area contributed by atoms with Gasteiger partial charge >= 0.3 is 0 Å². The third kappa shape index (κ3) is 2.94. The minimum absolute atomic E-state index is 0.107. The summed E-state index contributed by atoms with van der Waals surface area (Å²) in [7, 11) is 0. The van der Waals surface area contributed by atoms with E-state index in [1.54, 1.807) is 17.5 Å². The molecule has 0 aliphatic heterocycles. The lowest BCUT2D eigenvalue weighted by atomic mass is 10.1. The zero-order valence-corrected chi connectivity index (χ0v) is 11.6. The van der Waals surface area contributed by atoms with Crippen LogP contribution in [0.15, 0.2) is 35.0 Å². The van der Waals surface area contributed by atoms with E-state index in [0.29, 0.717) is 12.2 Å². The van der Waals surface area contributed by atoms with Gasteiger partial charge in [0.15, 0.2) is 0 Å². The summed E-state index contributed by atoms with van der Waals surface area (Å²) in [6.07, 6.45) is 0. The second-order valence-electron chi connectivity index (χ2n) is 3.95. The molecular formula is C13H13N3O3S. The van der Waals surface area contributed by atoms with Gasteiger partial charge in [-0.3, -0.25) is 14.9 Å². The molecule has 20 heavy (non-hydrogen) atoms. The van der Waals surface area contributed by atoms with E-state index >= 15 is 0 Å². The third-order valence-corrected chi connectivity index (χ3v) is 3.30. The van der Waals surface area contributed by atoms with Gasteiger partial charge in [0, 0.05) is 18.0 Å². The number of carbonyl (C=O) groups excluding carboxylic acids is 1. The molecule has 2 aromatic rings. The van der Waals surface area contributed by atoms with E-state index in [-0.39, 0.29) is 22.8 Å². The Labute approximate surface area is 119 Å². The summed E-state index contributed by atoms with van der Waals surface area (Å²) in [6, 6.07) is 6.21. The number of thiophene rings is 1. The second-order valence-corrected chi connectivity index (χ2v) is 4.73. The Morgan fingerprint density at radius 1 is 1.40 bits per heavy atom. The molecule has 6 nitrogen and oxygen atoms in total. The number of rotatable bonds is 5. The van der Waals surface area contributed by atoms with Crippen molar-refractivity contribution >= 4 is 34.3 Å². The number of benzene rings is 1. The first kappa shape index (κ1) is 14.0. The highest BCUT2D eigenvalue weighted by Gasteiger charge is 2.21. The van der Waals surface area contributed by atoms with Crippen LogP contribution in [0.4, 0.5) is 17.1 Å². The van der Waals surface area contributed by atoms with E-state index in [0.717, 1.165) is 0 Å². The van der Waals surface area contributed by atoms with E-state index < -0.39 is 4.92 Å². The van der Waals surface area contributed by atoms with Gasteiger partial charge in [-0.2, -0.15) is 11.3 Å². The maximum atomic E-state index is 12.2. The van der Waals surface area contributed by atoms with Crippen molar-refractivity contribution in [3.05, 3.63) is 50.7 Å². The summed E-state index contributed by atoms with van der Waals surface area (Å²) in [5.74, 6) is -0.372. The zero-order valence-electron chi connectivity index (χ0n) is 10.8. The van der Waals surface area contributed by atoms with Gasteiger partial charge in [-0.25, -0.2) is 0 Å². The maximum Gasteiger partial charge on any atom is 0.293 e. The fourth-order valence-electron chi connectivity index (χ4n) is 1.78. The van der Waals surface area contributed by atoms with Crippen molar-refractivity contribution in [3.63, 3.8) is 0 Å². The maximum absolute atomic E-state index is 12.2. The lowest BCUT2D eigenvalue weighted by molar-refractivity contribution is -0.384. The molecule has 1 heterocycles. The number of anilines is 2. The molecule has 2 rings (SSSR count). The van der Waals surface area contributed by atoms with Crippen LogP contribution < -0.4 is 10.6 Å². The van der Waals surface area contributed by atoms with E-state index in [4.69, 9.17) is 0 Å². The molecule has 7 heteroatoms. The van der Waals surface area contributed by atoms with Crippen molar-refractivity contribution in [3.8, 4) is 0 Å². The first-order valence-electron chi connectivity index (χ1n) is 5.98. The summed E-state index contributed by atoms with van der Waals surface area (Å²) in [5, 5.41) is 20.3. The molecule has 0 bridgehead atoms. The number of nitro benzene ring substituents is 1. The molecule has 0 spiro atoms. The number of nitro groups is 1. The van der Waals surface area contributed by atoms with Crippen LogP contribution in [0.2, 0.25) is 0 Å². The van der Waals surface area contributed by atoms with Crippen molar-refractivity contribution in [1.82, 2.24) is 0 Å². The highest BCUT2D eigenvalue weighted by atomic mass is 32.1. The minimum Gasteiger partial charge on any atom is -0.379 e. The average molecular weight is 291 g/mol. The predicted octanol–water partition coefficient (Wildman–Crippen LogP) is 3.34. The number of nitrogens with zero attached hydrogens (tertiary/aromatic N) is 1. The largest absolute Gasteiger partial charge is 0.379 e. The molecule has 0 unspecified atom stereocenters. The van der Waals surface area contributed by atoms with Gasteiger partial charge in [0.05, 0.1) is 16.2 Å². The van der Waals surface area contributed by atoms with E-state index in [2.05, 4.69) is 10.6 Å². The van der Waals surface area contributed by atoms with E-state index in [9.17, 15) is 14.9 Å². The SMILES string of the molecule is CCNc1c(C(=O)Nc2ccsc2)cccc1[N+](=O)[O-]. The molecule has 0 aliphatic carbocycles. The van der Waals surface area contributed by atoms with E-state index in [1.807, 2.05) is 12.3 Å². The Morgan fingerprint density at radius 2 is 2.20 bits per heavy atom. The molecule has 0 fully saturated rings. The van der Waals surface area contributed by atoms with Gasteiger partial charge in [0.25, 0.3) is 11.6 Å². The van der Waals surface area contributed by atoms with Crippen LogP contribution in [0, 0.1) is 10.1 Å². The van der Waals surface area contributed by atoms with Gasteiger partial charge in [-0.1, -0.05) is 6.07 Å². The molecular weight excluding hydrogens is 278 g/mol. The quantitative estimate of drug-likeness (QED) is 0.653. The van der Waals surface area contributed by atoms with Crippen molar-refractivity contribution in [2.75, 3.05) is 17.2 Å². The smallest absolute Gasteiger partial charge is 0.293 e. The first-order valence-corrected chi connectivity index (χ1v) is 6.92. The Kier molecular flexibility index (Phi) is 4.31. The highest BCUT2D eigenvalue weighted by molar-refractivity contribution is 7.08. The van der Waals surface area contributed by atoms with Crippen molar-refractivity contribution < 1.29 is 9.72 Å². The molecule has 0 saturated heterocycles. The van der Waals surface area contributed by atoms with Gasteiger partial charge < -0.3 is 10.6 Å². The van der Waals surface area contributed by atoms with Crippen LogP contribution in [0.25, 0.3) is 0 Å². The summed E-state index contributed by atoms with van der Waals surface area (Å²) in [6.45, 7) is 2.31. The number of nitrogens with one attached hydrogen (secondary N) is 2. The van der Waals surface area contributed by atoms with Gasteiger partial charge in [0.1, 0.15) is 5.69 Å². The second kappa shape index (κ2) is 6.16. The zero-order chi connectivity index (χ0) is 14.5. The average Bonchev–Trinajstić information content (AvgIpc) is 2.91. The van der Waals surface area contributed by atoms with Crippen molar-refractivity contribution in [2.24, 2.45) is 0 Å². The summed E-state index contributed by atoms with van der Waals surface area (Å²) >= 11 is 1.46. The highest BCUT2D eigenvalue weighted by Crippen LogP contribution is 2.29. The number of carbonyl (C=O) groups is 1. The molecule has 1 aromatic carbocycles. The lowest BCUT2D eigenvalue weighted by Crippen LogP contribution is -2.15. The van der Waals surface area contributed by atoms with Crippen LogP contribution in [0.1, 0.15) is 17.3 Å². The Bertz CT molecular complexity index is 626. The van der Waals surface area contributed by atoms with Crippen LogP contribution in [0.5, 0.6) is 0 Å². The Hall–Kier alpha value is -2.41. The molecule has 2 N–H and O–H groups in total. The van der Waals surface area contributed by atoms with Crippen LogP contribution >= 0.6 is 11.3 Å². The van der Waals surface area contributed by atoms with Crippen molar-refractivity contribution in [2.45, 2.75) is 6.92 Å². The molecule has 0 aliphatic rings. The van der Waals surface area contributed by atoms with Gasteiger partial charge in [-0.15, -0.1) is 0 Å². The van der Waals surface area contributed by atoms with Crippen LogP contribution in [-0.4, -0.2) is 17.4 Å². The summed E-state index contributed by atoms with van der Waals surface area (Å²) in [4.78, 5) is 22.7. The van der Waals surface area contributed by atoms with Crippen LogP contribution in [-0.2, 0) is 0 Å². The standard InChI is InChI=1S/C13H13N3O3S/c1-2-14-12-10(4-3-5-11(12)16(18)19)13(17)15-9-6-7-20-8-9/h3-8,14H,2H2,1H3,(H,15,17). The fourth-order valence-corrected chi connectivity index (χ4v) is 2.37. The minimum atomic E-state index is -0.501. The first-order chi connectivity index (χ1) is 9.63. The lowest BCUT2D eigenvalue weighted by Gasteiger charge is -2.10. The van der Waals surface area contributed by atoms with Gasteiger partial charge in [-0.05, 0) is 24.4 Å². The third-order valence-electron chi connectivity index (χ3n) is 2.62. The van der Waals surface area contributed by atoms with Gasteiger partial charge in [0.2, 0.25) is 0 Å². The molecule has 0 radical (unpaired) electrons. The van der Waals surface area contributed by atoms with Crippen molar-refractivity contribution in [1.29, 1.82) is 0 Å². The summed E-state index contributed by atoms with van der Waals surface area (Å²) < 4.78 is 0. The number of para-hydroxylation sites is 1. The van der Waals surface area contributed by atoms with Crippen LogP contribution in [0.3, 0.4) is 0 Å². The normalized spacial score (nSPS) is 10.1. The Balaban J connectivity index is 2.37. The molecule has 1 amide bonds. The molecule has 104 valence electrons. The Morgan fingerprint density at radius 3 is 2.80 bits per heavy atom. The summed E-state index contributed by atoms with van der Waals surface area (Å²) in [5.41, 5.74) is 1.07. The predicted molar refractivity (Wildman–Crippen MR) is 79.5 cm³/mol.